The highest BCUT2D eigenvalue weighted by atomic mass is 16.3. The summed E-state index contributed by atoms with van der Waals surface area (Å²) in [6.45, 7) is 4.94. The van der Waals surface area contributed by atoms with Crippen LogP contribution in [0, 0.1) is 13.8 Å². The standard InChI is InChI=1S/C11H16N2O/c1-7-6-9-11(12-8(7)2)10(14)4-5-13(9)3/h6,10,14H,4-5H2,1-3H3. The molecule has 2 heterocycles. The molecule has 0 aromatic carbocycles. The van der Waals surface area contributed by atoms with Crippen LogP contribution in [0.15, 0.2) is 6.07 Å². The van der Waals surface area contributed by atoms with E-state index in [1.165, 1.54) is 5.56 Å². The van der Waals surface area contributed by atoms with Gasteiger partial charge in [0.05, 0.1) is 17.5 Å². The summed E-state index contributed by atoms with van der Waals surface area (Å²) in [6.07, 6.45) is 0.388. The van der Waals surface area contributed by atoms with Gasteiger partial charge in [0.1, 0.15) is 0 Å². The molecule has 1 atom stereocenters. The Morgan fingerprint density at radius 2 is 2.21 bits per heavy atom. The first-order chi connectivity index (χ1) is 6.59. The average molecular weight is 192 g/mol. The lowest BCUT2D eigenvalue weighted by Gasteiger charge is -2.30. The zero-order chi connectivity index (χ0) is 10.3. The first-order valence-electron chi connectivity index (χ1n) is 4.97. The minimum absolute atomic E-state index is 0.388. The Bertz CT molecular complexity index is 328. The number of aromatic nitrogens is 1. The minimum atomic E-state index is -0.388. The van der Waals surface area contributed by atoms with Crippen LogP contribution in [0.2, 0.25) is 0 Å². The SMILES string of the molecule is Cc1cc2c(nc1C)C(O)CCN2C. The quantitative estimate of drug-likeness (QED) is 0.678. The van der Waals surface area contributed by atoms with Gasteiger partial charge in [-0.3, -0.25) is 4.98 Å². The maximum atomic E-state index is 9.81. The average Bonchev–Trinajstić information content (AvgIpc) is 2.15. The number of hydrogen-bond acceptors (Lipinski definition) is 3. The fourth-order valence-electron chi connectivity index (χ4n) is 1.83. The van der Waals surface area contributed by atoms with Crippen LogP contribution in [0.25, 0.3) is 0 Å². The smallest absolute Gasteiger partial charge is 0.0997 e. The van der Waals surface area contributed by atoms with E-state index < -0.39 is 0 Å². The molecule has 0 saturated carbocycles. The first-order valence-corrected chi connectivity index (χ1v) is 4.97. The van der Waals surface area contributed by atoms with Gasteiger partial charge < -0.3 is 10.0 Å². The van der Waals surface area contributed by atoms with Crippen molar-refractivity contribution in [1.82, 2.24) is 4.98 Å². The Morgan fingerprint density at radius 3 is 2.93 bits per heavy atom. The van der Waals surface area contributed by atoms with Gasteiger partial charge in [0.2, 0.25) is 0 Å². The predicted octanol–water partition coefficient (Wildman–Crippen LogP) is 1.57. The fourth-order valence-corrected chi connectivity index (χ4v) is 1.83. The number of fused-ring (bicyclic) bond motifs is 1. The third-order valence-corrected chi connectivity index (χ3v) is 2.94. The third kappa shape index (κ3) is 1.38. The molecule has 0 amide bonds. The maximum absolute atomic E-state index is 9.81. The number of nitrogens with zero attached hydrogens (tertiary/aromatic N) is 2. The van der Waals surface area contributed by atoms with Crippen LogP contribution in [0.3, 0.4) is 0 Å². The Hall–Kier alpha value is -1.09. The van der Waals surface area contributed by atoms with Gasteiger partial charge in [-0.25, -0.2) is 0 Å². The zero-order valence-electron chi connectivity index (χ0n) is 8.91. The van der Waals surface area contributed by atoms with Crippen LogP contribution >= 0.6 is 0 Å². The second-order valence-corrected chi connectivity index (χ2v) is 4.02. The molecule has 2 rings (SSSR count). The molecule has 0 spiro atoms. The monoisotopic (exact) mass is 192 g/mol. The fraction of sp³-hybridized carbons (Fsp3) is 0.545. The van der Waals surface area contributed by atoms with Crippen molar-refractivity contribution in [2.75, 3.05) is 18.5 Å². The molecule has 0 aliphatic carbocycles. The molecule has 76 valence electrons. The van der Waals surface area contributed by atoms with Crippen LogP contribution in [0.1, 0.15) is 29.5 Å². The number of aliphatic hydroxyl groups is 1. The number of rotatable bonds is 0. The first kappa shape index (κ1) is 9.46. The molecule has 1 aromatic heterocycles. The predicted molar refractivity (Wildman–Crippen MR) is 56.6 cm³/mol. The van der Waals surface area contributed by atoms with E-state index >= 15 is 0 Å². The van der Waals surface area contributed by atoms with Crippen molar-refractivity contribution in [3.8, 4) is 0 Å². The summed E-state index contributed by atoms with van der Waals surface area (Å²) in [4.78, 5) is 6.61. The molecular weight excluding hydrogens is 176 g/mol. The van der Waals surface area contributed by atoms with Crippen molar-refractivity contribution in [3.63, 3.8) is 0 Å². The van der Waals surface area contributed by atoms with Gasteiger partial charge in [-0.1, -0.05) is 0 Å². The lowest BCUT2D eigenvalue weighted by atomic mass is 10.0. The molecule has 3 heteroatoms. The van der Waals surface area contributed by atoms with Crippen LogP contribution in [-0.2, 0) is 0 Å². The van der Waals surface area contributed by atoms with Crippen molar-refractivity contribution in [2.24, 2.45) is 0 Å². The number of pyridine rings is 1. The van der Waals surface area contributed by atoms with Gasteiger partial charge >= 0.3 is 0 Å². The molecule has 1 aliphatic rings. The molecular formula is C11H16N2O. The number of hydrogen-bond donors (Lipinski definition) is 1. The Kier molecular flexibility index (Phi) is 2.19. The molecule has 1 aromatic rings. The molecule has 1 aliphatic heterocycles. The van der Waals surface area contributed by atoms with E-state index in [1.807, 2.05) is 14.0 Å². The van der Waals surface area contributed by atoms with E-state index in [0.29, 0.717) is 0 Å². The van der Waals surface area contributed by atoms with Gasteiger partial charge in [-0.2, -0.15) is 0 Å². The van der Waals surface area contributed by atoms with Gasteiger partial charge in [0, 0.05) is 19.3 Å². The molecule has 14 heavy (non-hydrogen) atoms. The zero-order valence-corrected chi connectivity index (χ0v) is 8.91. The van der Waals surface area contributed by atoms with E-state index in [1.54, 1.807) is 0 Å². The molecule has 0 bridgehead atoms. The third-order valence-electron chi connectivity index (χ3n) is 2.94. The molecule has 0 saturated heterocycles. The summed E-state index contributed by atoms with van der Waals surface area (Å²) in [6, 6.07) is 2.11. The van der Waals surface area contributed by atoms with E-state index in [2.05, 4.69) is 22.9 Å². The van der Waals surface area contributed by atoms with Crippen molar-refractivity contribution in [3.05, 3.63) is 23.0 Å². The topological polar surface area (TPSA) is 36.4 Å². The van der Waals surface area contributed by atoms with Crippen molar-refractivity contribution < 1.29 is 5.11 Å². The van der Waals surface area contributed by atoms with Crippen LogP contribution < -0.4 is 4.90 Å². The molecule has 0 radical (unpaired) electrons. The van der Waals surface area contributed by atoms with Crippen molar-refractivity contribution in [2.45, 2.75) is 26.4 Å². The molecule has 0 fully saturated rings. The van der Waals surface area contributed by atoms with E-state index in [4.69, 9.17) is 0 Å². The van der Waals surface area contributed by atoms with E-state index in [-0.39, 0.29) is 6.10 Å². The second-order valence-electron chi connectivity index (χ2n) is 4.02. The van der Waals surface area contributed by atoms with E-state index in [9.17, 15) is 5.11 Å². The lowest BCUT2D eigenvalue weighted by molar-refractivity contribution is 0.160. The highest BCUT2D eigenvalue weighted by molar-refractivity contribution is 5.55. The van der Waals surface area contributed by atoms with E-state index in [0.717, 1.165) is 30.0 Å². The highest BCUT2D eigenvalue weighted by Crippen LogP contribution is 2.32. The van der Waals surface area contributed by atoms with Crippen molar-refractivity contribution >= 4 is 5.69 Å². The summed E-state index contributed by atoms with van der Waals surface area (Å²) in [5.41, 5.74) is 4.11. The normalized spacial score (nSPS) is 20.9. The van der Waals surface area contributed by atoms with Gasteiger partial charge in [0.25, 0.3) is 0 Å². The Balaban J connectivity index is 2.56. The number of aryl methyl sites for hydroxylation is 2. The van der Waals surface area contributed by atoms with Crippen LogP contribution in [0.5, 0.6) is 0 Å². The van der Waals surface area contributed by atoms with Crippen LogP contribution in [0.4, 0.5) is 5.69 Å². The summed E-state index contributed by atoms with van der Waals surface area (Å²) in [5, 5.41) is 9.81. The highest BCUT2D eigenvalue weighted by Gasteiger charge is 2.23. The van der Waals surface area contributed by atoms with Crippen LogP contribution in [-0.4, -0.2) is 23.7 Å². The van der Waals surface area contributed by atoms with Crippen molar-refractivity contribution in [1.29, 1.82) is 0 Å². The Labute approximate surface area is 84.4 Å². The van der Waals surface area contributed by atoms with Gasteiger partial charge in [0.15, 0.2) is 0 Å². The van der Waals surface area contributed by atoms with Gasteiger partial charge in [-0.15, -0.1) is 0 Å². The molecule has 1 unspecified atom stereocenters. The lowest BCUT2D eigenvalue weighted by Crippen LogP contribution is -2.28. The minimum Gasteiger partial charge on any atom is -0.387 e. The molecule has 3 nitrogen and oxygen atoms in total. The maximum Gasteiger partial charge on any atom is 0.0997 e. The van der Waals surface area contributed by atoms with Gasteiger partial charge in [-0.05, 0) is 31.9 Å². The summed E-state index contributed by atoms with van der Waals surface area (Å²) in [7, 11) is 2.04. The second kappa shape index (κ2) is 3.24. The number of anilines is 1. The summed E-state index contributed by atoms with van der Waals surface area (Å²) >= 11 is 0. The Morgan fingerprint density at radius 1 is 1.50 bits per heavy atom. The summed E-state index contributed by atoms with van der Waals surface area (Å²) in [5.74, 6) is 0. The number of aliphatic hydroxyl groups excluding tert-OH is 1. The molecule has 1 N–H and O–H groups in total. The summed E-state index contributed by atoms with van der Waals surface area (Å²) < 4.78 is 0. The largest absolute Gasteiger partial charge is 0.387 e.